The summed E-state index contributed by atoms with van der Waals surface area (Å²) in [6.07, 6.45) is 4.97. The average Bonchev–Trinajstić information content (AvgIpc) is 2.57. The molecular formula is C17H24ClFO. The number of hydrogen-bond acceptors (Lipinski definition) is 1. The summed E-state index contributed by atoms with van der Waals surface area (Å²) < 4.78 is 13.9. The van der Waals surface area contributed by atoms with Crippen LogP contribution < -0.4 is 0 Å². The summed E-state index contributed by atoms with van der Waals surface area (Å²) >= 11 is 6.08. The number of aliphatic hydroxyl groups is 1. The molecule has 2 atom stereocenters. The van der Waals surface area contributed by atoms with E-state index in [2.05, 4.69) is 13.8 Å². The Bertz CT molecular complexity index is 440. The molecule has 1 fully saturated rings. The molecule has 3 heteroatoms. The van der Waals surface area contributed by atoms with Gasteiger partial charge in [-0.2, -0.15) is 0 Å². The minimum absolute atomic E-state index is 0.310. The van der Waals surface area contributed by atoms with E-state index in [0.29, 0.717) is 28.8 Å². The molecule has 1 nitrogen and oxygen atoms in total. The zero-order valence-electron chi connectivity index (χ0n) is 12.3. The van der Waals surface area contributed by atoms with Gasteiger partial charge in [-0.15, -0.1) is 0 Å². The van der Waals surface area contributed by atoms with Gasteiger partial charge in [0.25, 0.3) is 0 Å². The molecule has 0 spiro atoms. The second-order valence-corrected chi connectivity index (χ2v) is 6.94. The lowest BCUT2D eigenvalue weighted by Gasteiger charge is -2.28. The van der Waals surface area contributed by atoms with Crippen LogP contribution in [0.4, 0.5) is 4.39 Å². The molecule has 1 saturated carbocycles. The molecule has 1 aliphatic carbocycles. The van der Waals surface area contributed by atoms with E-state index in [1.807, 2.05) is 0 Å². The highest BCUT2D eigenvalue weighted by Gasteiger charge is 2.33. The Balaban J connectivity index is 2.11. The monoisotopic (exact) mass is 298 g/mol. The van der Waals surface area contributed by atoms with Crippen molar-refractivity contribution in [3.8, 4) is 0 Å². The van der Waals surface area contributed by atoms with Crippen LogP contribution in [0.1, 0.15) is 51.5 Å². The van der Waals surface area contributed by atoms with Gasteiger partial charge in [-0.25, -0.2) is 4.39 Å². The summed E-state index contributed by atoms with van der Waals surface area (Å²) in [4.78, 5) is 0. The quantitative estimate of drug-likeness (QED) is 0.780. The van der Waals surface area contributed by atoms with E-state index in [1.54, 1.807) is 12.1 Å². The lowest BCUT2D eigenvalue weighted by Crippen LogP contribution is -2.31. The van der Waals surface area contributed by atoms with Crippen LogP contribution >= 0.6 is 11.6 Å². The summed E-state index contributed by atoms with van der Waals surface area (Å²) in [7, 11) is 0. The second kappa shape index (κ2) is 6.44. The van der Waals surface area contributed by atoms with Crippen molar-refractivity contribution < 1.29 is 9.50 Å². The van der Waals surface area contributed by atoms with Crippen LogP contribution in [0, 0.1) is 17.7 Å². The van der Waals surface area contributed by atoms with Gasteiger partial charge in [-0.05, 0) is 43.2 Å². The van der Waals surface area contributed by atoms with Gasteiger partial charge in [-0.3, -0.25) is 0 Å². The molecule has 1 aromatic carbocycles. The molecular weight excluding hydrogens is 275 g/mol. The summed E-state index contributed by atoms with van der Waals surface area (Å²) in [5, 5.41) is 11.2. The third-order valence-corrected chi connectivity index (χ3v) is 5.06. The van der Waals surface area contributed by atoms with Crippen molar-refractivity contribution in [2.75, 3.05) is 0 Å². The first kappa shape index (κ1) is 15.8. The van der Waals surface area contributed by atoms with Crippen LogP contribution in [0.15, 0.2) is 18.2 Å². The van der Waals surface area contributed by atoms with Gasteiger partial charge in [0.2, 0.25) is 0 Å². The van der Waals surface area contributed by atoms with Gasteiger partial charge in [0.15, 0.2) is 0 Å². The van der Waals surface area contributed by atoms with Gasteiger partial charge in [0.1, 0.15) is 5.82 Å². The molecule has 0 bridgehead atoms. The van der Waals surface area contributed by atoms with E-state index in [9.17, 15) is 9.50 Å². The molecule has 0 aromatic heterocycles. The Hall–Kier alpha value is -0.600. The highest BCUT2D eigenvalue weighted by atomic mass is 35.5. The van der Waals surface area contributed by atoms with E-state index < -0.39 is 5.60 Å². The summed E-state index contributed by atoms with van der Waals surface area (Å²) in [6, 6.07) is 4.71. The molecule has 2 rings (SSSR count). The number of halogens is 2. The summed E-state index contributed by atoms with van der Waals surface area (Å²) in [5.74, 6) is 1.00. The lowest BCUT2D eigenvalue weighted by molar-refractivity contribution is 0.0229. The van der Waals surface area contributed by atoms with E-state index >= 15 is 0 Å². The van der Waals surface area contributed by atoms with Crippen LogP contribution in [0.5, 0.6) is 0 Å². The molecule has 0 radical (unpaired) electrons. The van der Waals surface area contributed by atoms with E-state index in [1.165, 1.54) is 6.07 Å². The highest BCUT2D eigenvalue weighted by molar-refractivity contribution is 6.31. The minimum Gasteiger partial charge on any atom is -0.390 e. The van der Waals surface area contributed by atoms with Gasteiger partial charge in [0.05, 0.1) is 5.60 Å². The molecule has 20 heavy (non-hydrogen) atoms. The molecule has 0 aliphatic heterocycles. The van der Waals surface area contributed by atoms with Gasteiger partial charge < -0.3 is 5.11 Å². The standard InChI is InChI=1S/C17H24ClFO/c1-12(2)13-5-4-9-17(20,10-8-13)11-14-15(18)6-3-7-16(14)19/h3,6-7,12-13,20H,4-5,8-11H2,1-2H3. The molecule has 2 unspecified atom stereocenters. The molecule has 0 saturated heterocycles. The van der Waals surface area contributed by atoms with Crippen LogP contribution in [0.3, 0.4) is 0 Å². The smallest absolute Gasteiger partial charge is 0.127 e. The molecule has 0 heterocycles. The van der Waals surface area contributed by atoms with Crippen LogP contribution in [0.25, 0.3) is 0 Å². The highest BCUT2D eigenvalue weighted by Crippen LogP contribution is 2.37. The van der Waals surface area contributed by atoms with Gasteiger partial charge >= 0.3 is 0 Å². The normalized spacial score (nSPS) is 27.6. The van der Waals surface area contributed by atoms with Crippen molar-refractivity contribution in [2.45, 2.75) is 58.0 Å². The maximum Gasteiger partial charge on any atom is 0.127 e. The molecule has 1 N–H and O–H groups in total. The largest absolute Gasteiger partial charge is 0.390 e. The van der Waals surface area contributed by atoms with Gasteiger partial charge in [0, 0.05) is 17.0 Å². The number of hydrogen-bond donors (Lipinski definition) is 1. The predicted octanol–water partition coefficient (Wildman–Crippen LogP) is 4.99. The maximum atomic E-state index is 13.9. The number of benzene rings is 1. The van der Waals surface area contributed by atoms with E-state index in [-0.39, 0.29) is 5.82 Å². The summed E-state index contributed by atoms with van der Waals surface area (Å²) in [6.45, 7) is 4.48. The Morgan fingerprint density at radius 3 is 2.75 bits per heavy atom. The first-order chi connectivity index (χ1) is 9.41. The first-order valence-corrected chi connectivity index (χ1v) is 7.94. The van der Waals surface area contributed by atoms with E-state index in [4.69, 9.17) is 11.6 Å². The van der Waals surface area contributed by atoms with Crippen LogP contribution in [-0.4, -0.2) is 10.7 Å². The lowest BCUT2D eigenvalue weighted by atomic mass is 9.85. The van der Waals surface area contributed by atoms with Crippen molar-refractivity contribution in [3.05, 3.63) is 34.6 Å². The Morgan fingerprint density at radius 2 is 2.10 bits per heavy atom. The SMILES string of the molecule is CC(C)C1CCCC(O)(Cc2c(F)cccc2Cl)CC1. The fraction of sp³-hybridized carbons (Fsp3) is 0.647. The van der Waals surface area contributed by atoms with Crippen molar-refractivity contribution in [1.82, 2.24) is 0 Å². The molecule has 112 valence electrons. The minimum atomic E-state index is -0.810. The third kappa shape index (κ3) is 3.73. The van der Waals surface area contributed by atoms with Crippen LogP contribution in [0.2, 0.25) is 5.02 Å². The third-order valence-electron chi connectivity index (χ3n) is 4.71. The van der Waals surface area contributed by atoms with E-state index in [0.717, 1.165) is 32.1 Å². The zero-order chi connectivity index (χ0) is 14.8. The summed E-state index contributed by atoms with van der Waals surface area (Å²) in [5.41, 5.74) is -0.352. The van der Waals surface area contributed by atoms with Crippen molar-refractivity contribution >= 4 is 11.6 Å². The first-order valence-electron chi connectivity index (χ1n) is 7.56. The second-order valence-electron chi connectivity index (χ2n) is 6.54. The van der Waals surface area contributed by atoms with Crippen molar-refractivity contribution in [3.63, 3.8) is 0 Å². The zero-order valence-corrected chi connectivity index (χ0v) is 13.1. The average molecular weight is 299 g/mol. The van der Waals surface area contributed by atoms with Crippen molar-refractivity contribution in [1.29, 1.82) is 0 Å². The fourth-order valence-electron chi connectivity index (χ4n) is 3.29. The Morgan fingerprint density at radius 1 is 1.35 bits per heavy atom. The Labute approximate surface area is 126 Å². The molecule has 0 amide bonds. The Kier molecular flexibility index (Phi) is 5.09. The van der Waals surface area contributed by atoms with Gasteiger partial charge in [-0.1, -0.05) is 44.4 Å². The maximum absolute atomic E-state index is 13.9. The fourth-order valence-corrected chi connectivity index (χ4v) is 3.52. The topological polar surface area (TPSA) is 20.2 Å². The molecule has 1 aliphatic rings. The number of rotatable bonds is 3. The van der Waals surface area contributed by atoms with Crippen molar-refractivity contribution in [2.24, 2.45) is 11.8 Å². The predicted molar refractivity (Wildman–Crippen MR) is 81.5 cm³/mol. The van der Waals surface area contributed by atoms with Crippen LogP contribution in [-0.2, 0) is 6.42 Å². The molecule has 1 aromatic rings.